The number of hydrogen-bond acceptors (Lipinski definition) is 3. The zero-order valence-corrected chi connectivity index (χ0v) is 12.9. The molecule has 1 heterocycles. The van der Waals surface area contributed by atoms with Crippen LogP contribution in [0.15, 0.2) is 0 Å². The third kappa shape index (κ3) is 3.95. The van der Waals surface area contributed by atoms with E-state index < -0.39 is 11.4 Å². The van der Waals surface area contributed by atoms with E-state index in [9.17, 15) is 14.7 Å². The molecule has 5 heteroatoms. The Bertz CT molecular complexity index is 353. The molecule has 0 aromatic rings. The summed E-state index contributed by atoms with van der Waals surface area (Å²) in [7, 11) is 0. The van der Waals surface area contributed by atoms with E-state index in [1.807, 2.05) is 20.8 Å². The van der Waals surface area contributed by atoms with E-state index in [-0.39, 0.29) is 17.9 Å². The Hall–Kier alpha value is -1.10. The Balaban J connectivity index is 2.72. The molecule has 1 aliphatic rings. The summed E-state index contributed by atoms with van der Waals surface area (Å²) in [4.78, 5) is 25.6. The molecular weight excluding hydrogens is 256 g/mol. The van der Waals surface area contributed by atoms with Crippen molar-refractivity contribution in [1.29, 1.82) is 0 Å². The molecule has 0 aromatic heterocycles. The number of carboxylic acids is 1. The number of aliphatic carboxylic acids is 1. The largest absolute Gasteiger partial charge is 0.481 e. The van der Waals surface area contributed by atoms with E-state index in [1.165, 1.54) is 0 Å². The molecule has 20 heavy (non-hydrogen) atoms. The number of carboxylic acid groups (broad SMARTS) is 1. The van der Waals surface area contributed by atoms with Crippen LogP contribution in [0.2, 0.25) is 0 Å². The summed E-state index contributed by atoms with van der Waals surface area (Å²) in [5.41, 5.74) is 5.19. The van der Waals surface area contributed by atoms with Crippen LogP contribution < -0.4 is 5.73 Å². The van der Waals surface area contributed by atoms with Gasteiger partial charge in [-0.15, -0.1) is 0 Å². The average Bonchev–Trinajstić information content (AvgIpc) is 2.38. The van der Waals surface area contributed by atoms with Crippen LogP contribution in [0.25, 0.3) is 0 Å². The Labute approximate surface area is 121 Å². The van der Waals surface area contributed by atoms with Crippen molar-refractivity contribution < 1.29 is 14.7 Å². The SMILES string of the molecule is CCCC1(C(=O)O)CCCN(C(=O)CC(N)C(C)C)C1. The molecule has 1 aliphatic heterocycles. The van der Waals surface area contributed by atoms with Crippen molar-refractivity contribution in [1.82, 2.24) is 4.90 Å². The molecule has 0 aliphatic carbocycles. The third-order valence-corrected chi connectivity index (χ3v) is 4.38. The van der Waals surface area contributed by atoms with Gasteiger partial charge in [-0.25, -0.2) is 0 Å². The zero-order chi connectivity index (χ0) is 15.3. The Morgan fingerprint density at radius 1 is 1.40 bits per heavy atom. The summed E-state index contributed by atoms with van der Waals surface area (Å²) in [5, 5.41) is 9.53. The van der Waals surface area contributed by atoms with Crippen LogP contribution in [0.1, 0.15) is 52.9 Å². The van der Waals surface area contributed by atoms with Crippen molar-refractivity contribution in [3.63, 3.8) is 0 Å². The van der Waals surface area contributed by atoms with E-state index in [0.717, 1.165) is 12.8 Å². The van der Waals surface area contributed by atoms with Gasteiger partial charge in [0.2, 0.25) is 5.91 Å². The van der Waals surface area contributed by atoms with Crippen LogP contribution in [0.5, 0.6) is 0 Å². The molecule has 2 unspecified atom stereocenters. The Morgan fingerprint density at radius 2 is 2.05 bits per heavy atom. The molecule has 0 bridgehead atoms. The van der Waals surface area contributed by atoms with E-state index in [4.69, 9.17) is 5.73 Å². The number of amides is 1. The highest BCUT2D eigenvalue weighted by Gasteiger charge is 2.42. The van der Waals surface area contributed by atoms with E-state index in [0.29, 0.717) is 32.4 Å². The highest BCUT2D eigenvalue weighted by atomic mass is 16.4. The van der Waals surface area contributed by atoms with E-state index in [2.05, 4.69) is 0 Å². The van der Waals surface area contributed by atoms with Gasteiger partial charge >= 0.3 is 5.97 Å². The second-order valence-corrected chi connectivity index (χ2v) is 6.37. The van der Waals surface area contributed by atoms with Gasteiger partial charge in [-0.1, -0.05) is 27.2 Å². The van der Waals surface area contributed by atoms with Crippen molar-refractivity contribution >= 4 is 11.9 Å². The summed E-state index contributed by atoms with van der Waals surface area (Å²) >= 11 is 0. The molecular formula is C15H28N2O3. The van der Waals surface area contributed by atoms with Crippen molar-refractivity contribution in [2.45, 2.75) is 58.9 Å². The van der Waals surface area contributed by atoms with Crippen LogP contribution in [-0.4, -0.2) is 41.0 Å². The first-order chi connectivity index (χ1) is 9.32. The lowest BCUT2D eigenvalue weighted by atomic mass is 9.76. The highest BCUT2D eigenvalue weighted by molar-refractivity contribution is 5.80. The van der Waals surface area contributed by atoms with Crippen LogP contribution in [-0.2, 0) is 9.59 Å². The molecule has 0 saturated carbocycles. The van der Waals surface area contributed by atoms with Crippen LogP contribution in [0.4, 0.5) is 0 Å². The summed E-state index contributed by atoms with van der Waals surface area (Å²) in [5.74, 6) is -0.527. The molecule has 1 fully saturated rings. The van der Waals surface area contributed by atoms with Gasteiger partial charge in [-0.3, -0.25) is 9.59 Å². The quantitative estimate of drug-likeness (QED) is 0.779. The maximum atomic E-state index is 12.3. The second-order valence-electron chi connectivity index (χ2n) is 6.37. The number of likely N-dealkylation sites (tertiary alicyclic amines) is 1. The predicted octanol–water partition coefficient (Wildman–Crippen LogP) is 1.85. The maximum Gasteiger partial charge on any atom is 0.311 e. The lowest BCUT2D eigenvalue weighted by molar-refractivity contribution is -0.155. The fraction of sp³-hybridized carbons (Fsp3) is 0.867. The summed E-state index contributed by atoms with van der Waals surface area (Å²) in [6, 6.07) is -0.158. The number of carbonyl (C=O) groups excluding carboxylic acids is 1. The van der Waals surface area contributed by atoms with Gasteiger partial charge in [-0.2, -0.15) is 0 Å². The van der Waals surface area contributed by atoms with E-state index >= 15 is 0 Å². The second kappa shape index (κ2) is 7.07. The Morgan fingerprint density at radius 3 is 2.55 bits per heavy atom. The van der Waals surface area contributed by atoms with Gasteiger partial charge in [0.1, 0.15) is 0 Å². The maximum absolute atomic E-state index is 12.3. The van der Waals surface area contributed by atoms with Crippen LogP contribution >= 0.6 is 0 Å². The van der Waals surface area contributed by atoms with Crippen molar-refractivity contribution in [2.24, 2.45) is 17.1 Å². The number of hydrogen-bond donors (Lipinski definition) is 2. The first kappa shape index (κ1) is 17.0. The normalized spacial score (nSPS) is 24.8. The average molecular weight is 284 g/mol. The number of nitrogens with two attached hydrogens (primary N) is 1. The van der Waals surface area contributed by atoms with Gasteiger partial charge in [0.15, 0.2) is 0 Å². The molecule has 0 radical (unpaired) electrons. The highest BCUT2D eigenvalue weighted by Crippen LogP contribution is 2.35. The van der Waals surface area contributed by atoms with Crippen molar-refractivity contribution in [3.8, 4) is 0 Å². The minimum absolute atomic E-state index is 0.00683. The Kier molecular flexibility index (Phi) is 5.99. The molecule has 1 rings (SSSR count). The standard InChI is InChI=1S/C15H28N2O3/c1-4-6-15(14(19)20)7-5-8-17(10-15)13(18)9-12(16)11(2)3/h11-12H,4-10,16H2,1-3H3,(H,19,20). The monoisotopic (exact) mass is 284 g/mol. The fourth-order valence-corrected chi connectivity index (χ4v) is 2.88. The predicted molar refractivity (Wildman–Crippen MR) is 78.2 cm³/mol. The summed E-state index contributed by atoms with van der Waals surface area (Å²) in [6.07, 6.45) is 3.17. The first-order valence-corrected chi connectivity index (χ1v) is 7.59. The van der Waals surface area contributed by atoms with Gasteiger partial charge < -0.3 is 15.7 Å². The number of nitrogens with zero attached hydrogens (tertiary/aromatic N) is 1. The van der Waals surface area contributed by atoms with Crippen molar-refractivity contribution in [3.05, 3.63) is 0 Å². The molecule has 1 amide bonds. The summed E-state index contributed by atoms with van der Waals surface area (Å²) < 4.78 is 0. The van der Waals surface area contributed by atoms with E-state index in [1.54, 1.807) is 4.90 Å². The molecule has 0 aromatic carbocycles. The zero-order valence-electron chi connectivity index (χ0n) is 12.9. The lowest BCUT2D eigenvalue weighted by Crippen LogP contribution is -2.51. The molecule has 2 atom stereocenters. The third-order valence-electron chi connectivity index (χ3n) is 4.38. The number of carbonyl (C=O) groups is 2. The number of piperidine rings is 1. The molecule has 1 saturated heterocycles. The molecule has 0 spiro atoms. The van der Waals surface area contributed by atoms with Gasteiger partial charge in [0, 0.05) is 25.6 Å². The van der Waals surface area contributed by atoms with Crippen molar-refractivity contribution in [2.75, 3.05) is 13.1 Å². The molecule has 5 nitrogen and oxygen atoms in total. The topological polar surface area (TPSA) is 83.6 Å². The fourth-order valence-electron chi connectivity index (χ4n) is 2.88. The molecule has 3 N–H and O–H groups in total. The smallest absolute Gasteiger partial charge is 0.311 e. The minimum Gasteiger partial charge on any atom is -0.481 e. The lowest BCUT2D eigenvalue weighted by Gasteiger charge is -2.40. The van der Waals surface area contributed by atoms with Gasteiger partial charge in [-0.05, 0) is 25.2 Å². The minimum atomic E-state index is -0.773. The molecule has 116 valence electrons. The van der Waals surface area contributed by atoms with Crippen LogP contribution in [0.3, 0.4) is 0 Å². The van der Waals surface area contributed by atoms with Gasteiger partial charge in [0.05, 0.1) is 5.41 Å². The first-order valence-electron chi connectivity index (χ1n) is 7.59. The van der Waals surface area contributed by atoms with Gasteiger partial charge in [0.25, 0.3) is 0 Å². The number of rotatable bonds is 6. The summed E-state index contributed by atoms with van der Waals surface area (Å²) in [6.45, 7) is 6.96. The van der Waals surface area contributed by atoms with Crippen LogP contribution in [0, 0.1) is 11.3 Å².